The lowest BCUT2D eigenvalue weighted by atomic mass is 10.0. The summed E-state index contributed by atoms with van der Waals surface area (Å²) in [7, 11) is 0. The van der Waals surface area contributed by atoms with Crippen LogP contribution in [0.3, 0.4) is 0 Å². The highest BCUT2D eigenvalue weighted by atomic mass is 35.5. The predicted octanol–water partition coefficient (Wildman–Crippen LogP) is 4.96. The lowest BCUT2D eigenvalue weighted by Crippen LogP contribution is -2.51. The number of hydrogen-bond acceptors (Lipinski definition) is 4. The SMILES string of the molecule is CC(C)(C)NC(=O)[C@@H](c1ccccc1)N(C(=O)CNC(=O)c1cccs1)c1ccc(F)c(Cl)c1. The van der Waals surface area contributed by atoms with Crippen LogP contribution in [0.25, 0.3) is 0 Å². The maximum Gasteiger partial charge on any atom is 0.261 e. The summed E-state index contributed by atoms with van der Waals surface area (Å²) in [5.74, 6) is -2.06. The molecule has 0 saturated heterocycles. The molecule has 1 heterocycles. The van der Waals surface area contributed by atoms with Crippen LogP contribution in [-0.4, -0.2) is 29.8 Å². The van der Waals surface area contributed by atoms with E-state index in [4.69, 9.17) is 11.6 Å². The molecular formula is C25H25ClFN3O3S. The third-order valence-corrected chi connectivity index (χ3v) is 5.87. The predicted molar refractivity (Wildman–Crippen MR) is 133 cm³/mol. The van der Waals surface area contributed by atoms with Gasteiger partial charge in [0.25, 0.3) is 5.91 Å². The van der Waals surface area contributed by atoms with Gasteiger partial charge in [-0.1, -0.05) is 48.0 Å². The van der Waals surface area contributed by atoms with Gasteiger partial charge in [0, 0.05) is 11.2 Å². The summed E-state index contributed by atoms with van der Waals surface area (Å²) in [4.78, 5) is 41.0. The first-order chi connectivity index (χ1) is 16.1. The van der Waals surface area contributed by atoms with E-state index in [1.807, 2.05) is 20.8 Å². The topological polar surface area (TPSA) is 78.5 Å². The molecule has 0 spiro atoms. The van der Waals surface area contributed by atoms with Gasteiger partial charge in [-0.25, -0.2) is 4.39 Å². The van der Waals surface area contributed by atoms with Crippen LogP contribution in [0.2, 0.25) is 5.02 Å². The van der Waals surface area contributed by atoms with E-state index in [9.17, 15) is 18.8 Å². The highest BCUT2D eigenvalue weighted by Crippen LogP contribution is 2.31. The normalized spacial score (nSPS) is 12.0. The Morgan fingerprint density at radius 3 is 2.35 bits per heavy atom. The van der Waals surface area contributed by atoms with Crippen molar-refractivity contribution in [2.75, 3.05) is 11.4 Å². The lowest BCUT2D eigenvalue weighted by Gasteiger charge is -2.34. The second kappa shape index (κ2) is 10.8. The van der Waals surface area contributed by atoms with Crippen molar-refractivity contribution in [2.24, 2.45) is 0 Å². The van der Waals surface area contributed by atoms with Crippen molar-refractivity contribution in [1.82, 2.24) is 10.6 Å². The zero-order chi connectivity index (χ0) is 24.9. The number of hydrogen-bond donors (Lipinski definition) is 2. The molecule has 178 valence electrons. The summed E-state index contributed by atoms with van der Waals surface area (Å²) in [5, 5.41) is 7.07. The highest BCUT2D eigenvalue weighted by Gasteiger charge is 2.34. The smallest absolute Gasteiger partial charge is 0.261 e. The summed E-state index contributed by atoms with van der Waals surface area (Å²) >= 11 is 7.26. The third-order valence-electron chi connectivity index (χ3n) is 4.72. The zero-order valence-electron chi connectivity index (χ0n) is 19.0. The minimum Gasteiger partial charge on any atom is -0.349 e. The van der Waals surface area contributed by atoms with E-state index >= 15 is 0 Å². The maximum atomic E-state index is 13.9. The Hall–Kier alpha value is -3.23. The fourth-order valence-corrected chi connectivity index (χ4v) is 4.11. The summed E-state index contributed by atoms with van der Waals surface area (Å²) in [6.07, 6.45) is 0. The van der Waals surface area contributed by atoms with Crippen LogP contribution in [0.15, 0.2) is 66.0 Å². The van der Waals surface area contributed by atoms with Gasteiger partial charge in [0.05, 0.1) is 16.4 Å². The number of carbonyl (C=O) groups is 3. The number of nitrogens with one attached hydrogen (secondary N) is 2. The van der Waals surface area contributed by atoms with E-state index in [0.29, 0.717) is 10.4 Å². The van der Waals surface area contributed by atoms with Gasteiger partial charge in [-0.05, 0) is 56.0 Å². The Morgan fingerprint density at radius 2 is 1.76 bits per heavy atom. The molecule has 0 aliphatic rings. The molecule has 9 heteroatoms. The first-order valence-corrected chi connectivity index (χ1v) is 11.8. The number of anilines is 1. The lowest BCUT2D eigenvalue weighted by molar-refractivity contribution is -0.127. The van der Waals surface area contributed by atoms with Crippen LogP contribution in [0.1, 0.15) is 42.0 Å². The molecule has 0 fully saturated rings. The fourth-order valence-electron chi connectivity index (χ4n) is 3.30. The molecule has 0 bridgehead atoms. The van der Waals surface area contributed by atoms with Crippen molar-refractivity contribution in [3.8, 4) is 0 Å². The first kappa shape index (κ1) is 25.4. The maximum absolute atomic E-state index is 13.9. The minimum atomic E-state index is -1.09. The molecule has 0 aliphatic carbocycles. The first-order valence-electron chi connectivity index (χ1n) is 10.5. The number of halogens is 2. The molecule has 3 amide bonds. The molecule has 0 unspecified atom stereocenters. The van der Waals surface area contributed by atoms with Crippen LogP contribution in [0, 0.1) is 5.82 Å². The van der Waals surface area contributed by atoms with Gasteiger partial charge in [-0.3, -0.25) is 19.3 Å². The van der Waals surface area contributed by atoms with Crippen LogP contribution in [0.4, 0.5) is 10.1 Å². The summed E-state index contributed by atoms with van der Waals surface area (Å²) in [6, 6.07) is 14.8. The van der Waals surface area contributed by atoms with Crippen molar-refractivity contribution in [1.29, 1.82) is 0 Å². The van der Waals surface area contributed by atoms with Gasteiger partial charge >= 0.3 is 0 Å². The summed E-state index contributed by atoms with van der Waals surface area (Å²) in [5.41, 5.74) is 0.189. The van der Waals surface area contributed by atoms with Crippen molar-refractivity contribution >= 4 is 46.3 Å². The molecule has 2 N–H and O–H groups in total. The van der Waals surface area contributed by atoms with Crippen molar-refractivity contribution < 1.29 is 18.8 Å². The largest absolute Gasteiger partial charge is 0.349 e. The standard InChI is InChI=1S/C25H25ClFN3O3S/c1-25(2,3)29-24(33)22(16-8-5-4-6-9-16)30(17-11-12-19(27)18(26)14-17)21(31)15-28-23(32)20-10-7-13-34-20/h4-14,22H,15H2,1-3H3,(H,28,32)(H,29,33)/t22-/m1/s1. The van der Waals surface area contributed by atoms with Gasteiger partial charge in [0.2, 0.25) is 11.8 Å². The van der Waals surface area contributed by atoms with Crippen LogP contribution in [-0.2, 0) is 9.59 Å². The van der Waals surface area contributed by atoms with E-state index < -0.39 is 35.1 Å². The van der Waals surface area contributed by atoms with Crippen molar-refractivity contribution in [2.45, 2.75) is 32.4 Å². The Balaban J connectivity index is 2.03. The van der Waals surface area contributed by atoms with E-state index in [-0.39, 0.29) is 17.3 Å². The molecule has 0 radical (unpaired) electrons. The highest BCUT2D eigenvalue weighted by molar-refractivity contribution is 7.12. The number of thiophene rings is 1. The van der Waals surface area contributed by atoms with Gasteiger partial charge in [0.15, 0.2) is 0 Å². The van der Waals surface area contributed by atoms with Crippen LogP contribution < -0.4 is 15.5 Å². The number of rotatable bonds is 7. The Bertz CT molecular complexity index is 1160. The number of nitrogens with zero attached hydrogens (tertiary/aromatic N) is 1. The number of amides is 3. The molecule has 1 atom stereocenters. The number of benzene rings is 2. The van der Waals surface area contributed by atoms with E-state index in [2.05, 4.69) is 10.6 Å². The summed E-state index contributed by atoms with van der Waals surface area (Å²) < 4.78 is 13.9. The molecule has 0 aliphatic heterocycles. The minimum absolute atomic E-state index is 0.194. The Labute approximate surface area is 206 Å². The molecule has 3 rings (SSSR count). The fraction of sp³-hybridized carbons (Fsp3) is 0.240. The van der Waals surface area contributed by atoms with Gasteiger partial charge in [0.1, 0.15) is 11.9 Å². The average Bonchev–Trinajstić information content (AvgIpc) is 3.32. The number of carbonyl (C=O) groups excluding carboxylic acids is 3. The molecule has 34 heavy (non-hydrogen) atoms. The molecule has 2 aromatic carbocycles. The monoisotopic (exact) mass is 501 g/mol. The summed E-state index contributed by atoms with van der Waals surface area (Å²) in [6.45, 7) is 5.11. The Kier molecular flexibility index (Phi) is 8.06. The van der Waals surface area contributed by atoms with Gasteiger partial charge in [-0.2, -0.15) is 0 Å². The molecular weight excluding hydrogens is 477 g/mol. The second-order valence-electron chi connectivity index (χ2n) is 8.57. The zero-order valence-corrected chi connectivity index (χ0v) is 20.5. The van der Waals surface area contributed by atoms with Crippen LogP contribution in [0.5, 0.6) is 0 Å². The molecule has 3 aromatic rings. The third kappa shape index (κ3) is 6.42. The van der Waals surface area contributed by atoms with E-state index in [1.54, 1.807) is 47.8 Å². The Morgan fingerprint density at radius 1 is 1.06 bits per heavy atom. The van der Waals surface area contributed by atoms with E-state index in [0.717, 1.165) is 6.07 Å². The van der Waals surface area contributed by atoms with Crippen molar-refractivity contribution in [3.05, 3.63) is 87.3 Å². The molecule has 0 saturated carbocycles. The molecule has 1 aromatic heterocycles. The van der Waals surface area contributed by atoms with Crippen molar-refractivity contribution in [3.63, 3.8) is 0 Å². The average molecular weight is 502 g/mol. The van der Waals surface area contributed by atoms with E-state index in [1.165, 1.54) is 28.4 Å². The van der Waals surface area contributed by atoms with Gasteiger partial charge < -0.3 is 10.6 Å². The van der Waals surface area contributed by atoms with Crippen LogP contribution >= 0.6 is 22.9 Å². The molecule has 6 nitrogen and oxygen atoms in total. The quantitative estimate of drug-likeness (QED) is 0.480. The second-order valence-corrected chi connectivity index (χ2v) is 9.93. The van der Waals surface area contributed by atoms with Gasteiger partial charge in [-0.15, -0.1) is 11.3 Å².